The van der Waals surface area contributed by atoms with Crippen LogP contribution in [0.3, 0.4) is 0 Å². The number of thioether (sulfide) groups is 1. The highest BCUT2D eigenvalue weighted by Crippen LogP contribution is 2.37. The van der Waals surface area contributed by atoms with Crippen molar-refractivity contribution in [2.45, 2.75) is 13.5 Å². The summed E-state index contributed by atoms with van der Waals surface area (Å²) >= 11 is 0.869. The van der Waals surface area contributed by atoms with Crippen molar-refractivity contribution in [3.05, 3.63) is 64.1 Å². The van der Waals surface area contributed by atoms with E-state index in [1.165, 1.54) is 18.1 Å². The molecule has 128 valence electrons. The van der Waals surface area contributed by atoms with E-state index in [9.17, 15) is 14.7 Å². The van der Waals surface area contributed by atoms with E-state index in [4.69, 9.17) is 4.74 Å². The monoisotopic (exact) mass is 355 g/mol. The van der Waals surface area contributed by atoms with E-state index in [0.717, 1.165) is 22.9 Å². The molecule has 3 rings (SSSR count). The van der Waals surface area contributed by atoms with Gasteiger partial charge in [0.15, 0.2) is 11.5 Å². The van der Waals surface area contributed by atoms with E-state index >= 15 is 0 Å². The molecule has 0 aliphatic carbocycles. The van der Waals surface area contributed by atoms with Gasteiger partial charge in [0.2, 0.25) is 0 Å². The number of benzene rings is 2. The van der Waals surface area contributed by atoms with Gasteiger partial charge >= 0.3 is 0 Å². The summed E-state index contributed by atoms with van der Waals surface area (Å²) in [6, 6.07) is 12.7. The fourth-order valence-corrected chi connectivity index (χ4v) is 3.42. The summed E-state index contributed by atoms with van der Waals surface area (Å²) in [5.74, 6) is -0.109. The van der Waals surface area contributed by atoms with Crippen LogP contribution in [0.1, 0.15) is 16.7 Å². The highest BCUT2D eigenvalue weighted by atomic mass is 32.2. The SMILES string of the molecule is COc1cccc(/C=C2\SC(=O)N(Cc3cccc(C)c3)C2=O)c1O. The topological polar surface area (TPSA) is 66.8 Å². The summed E-state index contributed by atoms with van der Waals surface area (Å²) < 4.78 is 5.06. The molecule has 25 heavy (non-hydrogen) atoms. The number of hydrogen-bond donors (Lipinski definition) is 1. The van der Waals surface area contributed by atoms with E-state index in [1.807, 2.05) is 31.2 Å². The molecule has 1 N–H and O–H groups in total. The van der Waals surface area contributed by atoms with Gasteiger partial charge in [-0.05, 0) is 36.4 Å². The molecular weight excluding hydrogens is 338 g/mol. The molecule has 1 heterocycles. The van der Waals surface area contributed by atoms with Crippen LogP contribution in [0.4, 0.5) is 4.79 Å². The largest absolute Gasteiger partial charge is 0.504 e. The molecule has 1 saturated heterocycles. The highest BCUT2D eigenvalue weighted by molar-refractivity contribution is 8.18. The Bertz CT molecular complexity index is 875. The second kappa shape index (κ2) is 7.03. The Balaban J connectivity index is 1.86. The Hall–Kier alpha value is -2.73. The van der Waals surface area contributed by atoms with Gasteiger partial charge in [0.1, 0.15) is 0 Å². The first-order chi connectivity index (χ1) is 12.0. The van der Waals surface area contributed by atoms with Crippen molar-refractivity contribution in [1.29, 1.82) is 0 Å². The Kier molecular flexibility index (Phi) is 4.81. The van der Waals surface area contributed by atoms with Crippen molar-refractivity contribution >= 4 is 29.0 Å². The van der Waals surface area contributed by atoms with Crippen LogP contribution in [0.5, 0.6) is 11.5 Å². The summed E-state index contributed by atoms with van der Waals surface area (Å²) in [4.78, 5) is 26.3. The molecule has 0 bridgehead atoms. The van der Waals surface area contributed by atoms with Gasteiger partial charge in [-0.15, -0.1) is 0 Å². The number of nitrogens with zero attached hydrogens (tertiary/aromatic N) is 1. The first-order valence-electron chi connectivity index (χ1n) is 7.66. The van der Waals surface area contributed by atoms with Crippen LogP contribution in [-0.2, 0) is 11.3 Å². The molecule has 2 amide bonds. The van der Waals surface area contributed by atoms with Crippen molar-refractivity contribution in [2.24, 2.45) is 0 Å². The van der Waals surface area contributed by atoms with Gasteiger partial charge in [0.25, 0.3) is 11.1 Å². The molecule has 1 fully saturated rings. The minimum atomic E-state index is -0.362. The lowest BCUT2D eigenvalue weighted by Crippen LogP contribution is -2.27. The predicted octanol–water partition coefficient (Wildman–Crippen LogP) is 3.95. The van der Waals surface area contributed by atoms with Crippen LogP contribution < -0.4 is 4.74 Å². The molecule has 1 aliphatic heterocycles. The molecule has 2 aromatic rings. The smallest absolute Gasteiger partial charge is 0.293 e. The molecule has 0 aromatic heterocycles. The van der Waals surface area contributed by atoms with Crippen LogP contribution in [0, 0.1) is 6.92 Å². The van der Waals surface area contributed by atoms with E-state index in [-0.39, 0.29) is 28.3 Å². The van der Waals surface area contributed by atoms with E-state index < -0.39 is 0 Å². The number of carbonyl (C=O) groups excluding carboxylic acids is 2. The first-order valence-corrected chi connectivity index (χ1v) is 8.48. The Morgan fingerprint density at radius 2 is 1.96 bits per heavy atom. The van der Waals surface area contributed by atoms with E-state index in [2.05, 4.69) is 0 Å². The van der Waals surface area contributed by atoms with Crippen LogP contribution in [0.15, 0.2) is 47.4 Å². The number of aryl methyl sites for hydroxylation is 1. The molecule has 1 aliphatic rings. The molecule has 0 spiro atoms. The molecule has 6 heteroatoms. The minimum absolute atomic E-state index is 0.0597. The number of amides is 2. The standard InChI is InChI=1S/C19H17NO4S/c1-12-5-3-6-13(9-12)11-20-18(22)16(25-19(20)23)10-14-7-4-8-15(24-2)17(14)21/h3-10,21H,11H2,1-2H3/b16-10-. The fraction of sp³-hybridized carbons (Fsp3) is 0.158. The Morgan fingerprint density at radius 3 is 2.68 bits per heavy atom. The van der Waals surface area contributed by atoms with Gasteiger partial charge in [0, 0.05) is 5.56 Å². The maximum absolute atomic E-state index is 12.6. The number of hydrogen-bond acceptors (Lipinski definition) is 5. The maximum Gasteiger partial charge on any atom is 0.293 e. The lowest BCUT2D eigenvalue weighted by atomic mass is 10.1. The predicted molar refractivity (Wildman–Crippen MR) is 97.4 cm³/mol. The van der Waals surface area contributed by atoms with Crippen LogP contribution in [-0.4, -0.2) is 28.3 Å². The molecule has 2 aromatic carbocycles. The van der Waals surface area contributed by atoms with Crippen LogP contribution in [0.2, 0.25) is 0 Å². The maximum atomic E-state index is 12.6. The zero-order chi connectivity index (χ0) is 18.0. The normalized spacial score (nSPS) is 15.9. The number of phenolic OH excluding ortho intramolecular Hbond substituents is 1. The number of para-hydroxylation sites is 1. The second-order valence-electron chi connectivity index (χ2n) is 5.66. The summed E-state index contributed by atoms with van der Waals surface area (Å²) in [7, 11) is 1.45. The number of aromatic hydroxyl groups is 1. The van der Waals surface area contributed by atoms with Gasteiger partial charge < -0.3 is 9.84 Å². The van der Waals surface area contributed by atoms with Crippen molar-refractivity contribution in [3.63, 3.8) is 0 Å². The average molecular weight is 355 g/mol. The molecule has 0 atom stereocenters. The second-order valence-corrected chi connectivity index (χ2v) is 6.65. The van der Waals surface area contributed by atoms with Gasteiger partial charge in [0.05, 0.1) is 18.6 Å². The van der Waals surface area contributed by atoms with Gasteiger partial charge in [-0.2, -0.15) is 0 Å². The van der Waals surface area contributed by atoms with Gasteiger partial charge in [-0.25, -0.2) is 0 Å². The third-order valence-corrected chi connectivity index (χ3v) is 4.74. The molecule has 5 nitrogen and oxygen atoms in total. The lowest BCUT2D eigenvalue weighted by molar-refractivity contribution is -0.123. The van der Waals surface area contributed by atoms with Crippen molar-refractivity contribution in [1.82, 2.24) is 4.90 Å². The quantitative estimate of drug-likeness (QED) is 0.841. The molecular formula is C19H17NO4S. The van der Waals surface area contributed by atoms with Gasteiger partial charge in [-0.1, -0.05) is 42.0 Å². The van der Waals surface area contributed by atoms with Crippen molar-refractivity contribution in [3.8, 4) is 11.5 Å². The molecule has 0 saturated carbocycles. The van der Waals surface area contributed by atoms with Crippen LogP contribution in [0.25, 0.3) is 6.08 Å². The lowest BCUT2D eigenvalue weighted by Gasteiger charge is -2.12. The number of rotatable bonds is 4. The summed E-state index contributed by atoms with van der Waals surface area (Å²) in [5.41, 5.74) is 2.40. The summed E-state index contributed by atoms with van der Waals surface area (Å²) in [6.45, 7) is 2.19. The first kappa shape index (κ1) is 17.1. The van der Waals surface area contributed by atoms with Crippen molar-refractivity contribution in [2.75, 3.05) is 7.11 Å². The number of imide groups is 1. The molecule has 0 unspecified atom stereocenters. The number of ether oxygens (including phenoxy) is 1. The fourth-order valence-electron chi connectivity index (χ4n) is 2.59. The van der Waals surface area contributed by atoms with Crippen LogP contribution >= 0.6 is 11.8 Å². The average Bonchev–Trinajstić information content (AvgIpc) is 2.84. The van der Waals surface area contributed by atoms with Crippen molar-refractivity contribution < 1.29 is 19.4 Å². The Morgan fingerprint density at radius 1 is 1.20 bits per heavy atom. The molecule has 0 radical (unpaired) electrons. The van der Waals surface area contributed by atoms with E-state index in [1.54, 1.807) is 18.2 Å². The third-order valence-electron chi connectivity index (χ3n) is 3.83. The summed E-state index contributed by atoms with van der Waals surface area (Å²) in [5, 5.41) is 9.82. The Labute approximate surface area is 149 Å². The minimum Gasteiger partial charge on any atom is -0.504 e. The van der Waals surface area contributed by atoms with Gasteiger partial charge in [-0.3, -0.25) is 14.5 Å². The number of carbonyl (C=O) groups is 2. The highest BCUT2D eigenvalue weighted by Gasteiger charge is 2.35. The van der Waals surface area contributed by atoms with E-state index in [0.29, 0.717) is 11.3 Å². The number of phenols is 1. The zero-order valence-electron chi connectivity index (χ0n) is 13.9. The zero-order valence-corrected chi connectivity index (χ0v) is 14.7. The third kappa shape index (κ3) is 3.53. The summed E-state index contributed by atoms with van der Waals surface area (Å²) in [6.07, 6.45) is 1.51. The number of methoxy groups -OCH3 is 1.